The molecule has 0 saturated heterocycles. The number of rotatable bonds is 7. The Kier molecular flexibility index (Phi) is 5.46. The third-order valence-electron chi connectivity index (χ3n) is 3.16. The fraction of sp³-hybridized carbons (Fsp3) is 0.357. The second-order valence-electron chi connectivity index (χ2n) is 4.65. The van der Waals surface area contributed by atoms with Crippen molar-refractivity contribution in [3.63, 3.8) is 0 Å². The molecule has 1 unspecified atom stereocenters. The average molecular weight is 293 g/mol. The van der Waals surface area contributed by atoms with Crippen LogP contribution >= 0.6 is 12.0 Å². The molecule has 1 heterocycles. The number of hydrogen-bond acceptors (Lipinski definition) is 4. The zero-order valence-corrected chi connectivity index (χ0v) is 12.0. The molecule has 6 heteroatoms. The Morgan fingerprint density at radius 2 is 2.25 bits per heavy atom. The Hall–Kier alpha value is -1.50. The highest BCUT2D eigenvalue weighted by Gasteiger charge is 2.15. The van der Waals surface area contributed by atoms with Crippen LogP contribution in [0.15, 0.2) is 30.5 Å². The van der Waals surface area contributed by atoms with E-state index in [9.17, 15) is 4.79 Å². The zero-order valence-electron chi connectivity index (χ0n) is 11.1. The number of nitrogens with two attached hydrogens (primary N) is 1. The Morgan fingerprint density at radius 1 is 1.45 bits per heavy atom. The minimum atomic E-state index is -0.559. The van der Waals surface area contributed by atoms with Gasteiger partial charge in [-0.1, -0.05) is 18.2 Å². The van der Waals surface area contributed by atoms with E-state index in [1.165, 1.54) is 0 Å². The van der Waals surface area contributed by atoms with Gasteiger partial charge in [-0.15, -0.1) is 0 Å². The summed E-state index contributed by atoms with van der Waals surface area (Å²) < 4.78 is 8.59. The molecule has 108 valence electrons. The number of amides is 1. The van der Waals surface area contributed by atoms with Gasteiger partial charge in [0.25, 0.3) is 0 Å². The first-order chi connectivity index (χ1) is 9.72. The van der Waals surface area contributed by atoms with Gasteiger partial charge in [-0.05, 0) is 36.5 Å². The number of para-hydroxylation sites is 1. The van der Waals surface area contributed by atoms with Crippen LogP contribution in [0.25, 0.3) is 10.9 Å². The van der Waals surface area contributed by atoms with E-state index in [1.807, 2.05) is 30.5 Å². The first kappa shape index (κ1) is 14.9. The predicted molar refractivity (Wildman–Crippen MR) is 82.7 cm³/mol. The van der Waals surface area contributed by atoms with Gasteiger partial charge < -0.3 is 20.6 Å². The van der Waals surface area contributed by atoms with Crippen molar-refractivity contribution in [3.05, 3.63) is 36.0 Å². The molecule has 2 aromatic rings. The van der Waals surface area contributed by atoms with E-state index in [1.54, 1.807) is 0 Å². The monoisotopic (exact) mass is 293 g/mol. The molecule has 1 amide bonds. The van der Waals surface area contributed by atoms with E-state index in [0.717, 1.165) is 34.9 Å². The summed E-state index contributed by atoms with van der Waals surface area (Å²) >= 11 is 0.780. The number of benzene rings is 1. The molecule has 0 spiro atoms. The molecule has 0 aliphatic carbocycles. The third kappa shape index (κ3) is 3.75. The number of aromatic nitrogens is 1. The molecule has 1 atom stereocenters. The maximum absolute atomic E-state index is 11.9. The van der Waals surface area contributed by atoms with E-state index in [-0.39, 0.29) is 5.91 Å². The number of aromatic amines is 1. The number of carbonyl (C=O) groups is 1. The van der Waals surface area contributed by atoms with E-state index in [0.29, 0.717) is 18.7 Å². The molecule has 5 N–H and O–H groups in total. The smallest absolute Gasteiger partial charge is 0.237 e. The molecule has 1 aromatic heterocycles. The summed E-state index contributed by atoms with van der Waals surface area (Å²) in [4.78, 5) is 15.0. The first-order valence-corrected chi connectivity index (χ1v) is 7.51. The normalized spacial score (nSPS) is 12.5. The summed E-state index contributed by atoms with van der Waals surface area (Å²) in [5.74, 6) is 0.455. The quantitative estimate of drug-likeness (QED) is 0.462. The highest BCUT2D eigenvalue weighted by molar-refractivity contribution is 7.93. The second-order valence-corrected chi connectivity index (χ2v) is 5.31. The van der Waals surface area contributed by atoms with Gasteiger partial charge in [0, 0.05) is 29.4 Å². The minimum Gasteiger partial charge on any atom is -0.361 e. The lowest BCUT2D eigenvalue weighted by Crippen LogP contribution is -2.42. The molecule has 5 nitrogen and oxygen atoms in total. The molecular formula is C14H19N3O2S. The van der Waals surface area contributed by atoms with Crippen molar-refractivity contribution < 1.29 is 9.35 Å². The lowest BCUT2D eigenvalue weighted by atomic mass is 10.1. The van der Waals surface area contributed by atoms with Crippen LogP contribution < -0.4 is 11.1 Å². The SMILES string of the molecule is NC(Cc1c[nH]c2ccccc12)C(=O)NCCCSO. The summed E-state index contributed by atoms with van der Waals surface area (Å²) in [6.07, 6.45) is 3.14. The molecule has 0 radical (unpaired) electrons. The molecule has 0 aliphatic rings. The van der Waals surface area contributed by atoms with Crippen LogP contribution in [0.4, 0.5) is 0 Å². The van der Waals surface area contributed by atoms with Gasteiger partial charge in [-0.3, -0.25) is 4.79 Å². The lowest BCUT2D eigenvalue weighted by molar-refractivity contribution is -0.122. The van der Waals surface area contributed by atoms with Crippen molar-refractivity contribution in [2.24, 2.45) is 5.73 Å². The van der Waals surface area contributed by atoms with Crippen LogP contribution in [0.1, 0.15) is 12.0 Å². The largest absolute Gasteiger partial charge is 0.361 e. The Bertz CT molecular complexity index is 570. The van der Waals surface area contributed by atoms with Crippen LogP contribution in [0, 0.1) is 0 Å². The molecule has 2 rings (SSSR count). The Labute approximate surface area is 122 Å². The van der Waals surface area contributed by atoms with Gasteiger partial charge in [0.15, 0.2) is 0 Å². The number of hydrogen-bond donors (Lipinski definition) is 4. The predicted octanol–water partition coefficient (Wildman–Crippen LogP) is 1.75. The second kappa shape index (κ2) is 7.33. The van der Waals surface area contributed by atoms with Crippen molar-refractivity contribution >= 4 is 28.9 Å². The topological polar surface area (TPSA) is 91.1 Å². The molecule has 0 saturated carbocycles. The van der Waals surface area contributed by atoms with Gasteiger partial charge in [0.2, 0.25) is 5.91 Å². The van der Waals surface area contributed by atoms with E-state index in [4.69, 9.17) is 10.3 Å². The Morgan fingerprint density at radius 3 is 3.05 bits per heavy atom. The van der Waals surface area contributed by atoms with E-state index >= 15 is 0 Å². The maximum atomic E-state index is 11.9. The summed E-state index contributed by atoms with van der Waals surface area (Å²) in [6.45, 7) is 0.536. The molecular weight excluding hydrogens is 274 g/mol. The summed E-state index contributed by atoms with van der Waals surface area (Å²) in [5, 5.41) is 3.88. The maximum Gasteiger partial charge on any atom is 0.237 e. The fourth-order valence-electron chi connectivity index (χ4n) is 2.11. The van der Waals surface area contributed by atoms with Crippen molar-refractivity contribution in [3.8, 4) is 0 Å². The molecule has 1 aromatic carbocycles. The molecule has 0 aliphatic heterocycles. The van der Waals surface area contributed by atoms with Gasteiger partial charge >= 0.3 is 0 Å². The number of carbonyl (C=O) groups excluding carboxylic acids is 1. The molecule has 0 bridgehead atoms. The highest BCUT2D eigenvalue weighted by atomic mass is 32.2. The van der Waals surface area contributed by atoms with Gasteiger partial charge in [0.1, 0.15) is 0 Å². The summed E-state index contributed by atoms with van der Waals surface area (Å²) in [7, 11) is 0. The number of fused-ring (bicyclic) bond motifs is 1. The van der Waals surface area contributed by atoms with Crippen molar-refractivity contribution in [1.82, 2.24) is 10.3 Å². The van der Waals surface area contributed by atoms with Crippen LogP contribution in [-0.2, 0) is 11.2 Å². The number of H-pyrrole nitrogens is 1. The average Bonchev–Trinajstić information content (AvgIpc) is 2.87. The minimum absolute atomic E-state index is 0.154. The third-order valence-corrected chi connectivity index (χ3v) is 3.63. The number of nitrogens with one attached hydrogen (secondary N) is 2. The highest BCUT2D eigenvalue weighted by Crippen LogP contribution is 2.18. The molecule has 0 fully saturated rings. The van der Waals surface area contributed by atoms with Crippen molar-refractivity contribution in [2.45, 2.75) is 18.9 Å². The summed E-state index contributed by atoms with van der Waals surface area (Å²) in [5.41, 5.74) is 8.03. The van der Waals surface area contributed by atoms with E-state index in [2.05, 4.69) is 10.3 Å². The molecule has 20 heavy (non-hydrogen) atoms. The van der Waals surface area contributed by atoms with Crippen molar-refractivity contribution in [2.75, 3.05) is 12.3 Å². The van der Waals surface area contributed by atoms with Crippen LogP contribution in [0.2, 0.25) is 0 Å². The van der Waals surface area contributed by atoms with Crippen molar-refractivity contribution in [1.29, 1.82) is 0 Å². The van der Waals surface area contributed by atoms with Crippen LogP contribution in [0.3, 0.4) is 0 Å². The van der Waals surface area contributed by atoms with Gasteiger partial charge in [0.05, 0.1) is 6.04 Å². The van der Waals surface area contributed by atoms with E-state index < -0.39 is 6.04 Å². The fourth-order valence-corrected chi connectivity index (χ4v) is 2.38. The van der Waals surface area contributed by atoms with Gasteiger partial charge in [-0.25, -0.2) is 0 Å². The zero-order chi connectivity index (χ0) is 14.4. The first-order valence-electron chi connectivity index (χ1n) is 6.57. The standard InChI is InChI=1S/C14H19N3O2S/c15-12(14(18)16-6-3-7-20-19)8-10-9-17-13-5-2-1-4-11(10)13/h1-2,4-5,9,12,17,19H,3,6-8,15H2,(H,16,18). The van der Waals surface area contributed by atoms with Crippen LogP contribution in [0.5, 0.6) is 0 Å². The lowest BCUT2D eigenvalue weighted by Gasteiger charge is -2.11. The van der Waals surface area contributed by atoms with Crippen LogP contribution in [-0.4, -0.2) is 33.8 Å². The summed E-state index contributed by atoms with van der Waals surface area (Å²) in [6, 6.07) is 7.39. The Balaban J connectivity index is 1.90. The van der Waals surface area contributed by atoms with Gasteiger partial charge in [-0.2, -0.15) is 0 Å².